The van der Waals surface area contributed by atoms with Gasteiger partial charge >= 0.3 is 0 Å². The molecule has 2 heterocycles. The summed E-state index contributed by atoms with van der Waals surface area (Å²) in [4.78, 5) is 7.79. The summed E-state index contributed by atoms with van der Waals surface area (Å²) in [6, 6.07) is 7.37. The predicted octanol–water partition coefficient (Wildman–Crippen LogP) is 5.92. The van der Waals surface area contributed by atoms with Crippen LogP contribution in [-0.2, 0) is 9.73 Å². The molecule has 0 saturated heterocycles. The maximum Gasteiger partial charge on any atom is 0.135 e. The first-order valence-electron chi connectivity index (χ1n) is 9.48. The number of anilines is 1. The number of halogens is 3. The van der Waals surface area contributed by atoms with Gasteiger partial charge in [-0.1, -0.05) is 23.2 Å². The van der Waals surface area contributed by atoms with Crippen molar-refractivity contribution in [2.24, 2.45) is 0 Å². The normalized spacial score (nSPS) is 14.4. The summed E-state index contributed by atoms with van der Waals surface area (Å²) in [7, 11) is -3.00. The molecule has 1 aromatic carbocycles. The van der Waals surface area contributed by atoms with Crippen molar-refractivity contribution in [1.82, 2.24) is 9.97 Å². The summed E-state index contributed by atoms with van der Waals surface area (Å²) >= 11 is 12.4. The summed E-state index contributed by atoms with van der Waals surface area (Å²) in [5.41, 5.74) is 6.97. The number of aromatic nitrogens is 2. The zero-order valence-corrected chi connectivity index (χ0v) is 19.9. The van der Waals surface area contributed by atoms with Gasteiger partial charge in [0, 0.05) is 53.3 Å². The number of nitrogens with two attached hydrogens (primary N) is 1. The highest BCUT2D eigenvalue weighted by Gasteiger charge is 2.17. The average molecular weight is 508 g/mol. The van der Waals surface area contributed by atoms with E-state index in [4.69, 9.17) is 43.9 Å². The molecule has 33 heavy (non-hydrogen) atoms. The average Bonchev–Trinajstić information content (AvgIpc) is 2.74. The SMILES string of the molecule is CC(Oc1ccc(N)c(C(=N)/C=C(\F)c2ccc(S(C)(=N)=O)nc2)c1)c1c(Cl)cncc1Cl. The highest BCUT2D eigenvalue weighted by Crippen LogP contribution is 2.33. The van der Waals surface area contributed by atoms with Crippen molar-refractivity contribution in [2.75, 3.05) is 12.0 Å². The number of ether oxygens (including phenoxy) is 1. The van der Waals surface area contributed by atoms with Crippen LogP contribution in [0.15, 0.2) is 60.0 Å². The van der Waals surface area contributed by atoms with E-state index < -0.39 is 21.7 Å². The maximum absolute atomic E-state index is 14.7. The molecule has 2 atom stereocenters. The standard InChI is InChI=1S/C22H20Cl2FN5O2S/c1-12(22-16(23)10-29-11-17(22)24)32-14-4-5-19(26)15(7-14)20(27)8-18(25)13-3-6-21(30-9-13)33(2,28)31/h3-12,27-28H,26H2,1-2H3/b18-8-,27-20?. The molecule has 0 fully saturated rings. The van der Waals surface area contributed by atoms with E-state index in [-0.39, 0.29) is 27.6 Å². The van der Waals surface area contributed by atoms with E-state index >= 15 is 0 Å². The molecule has 2 unspecified atom stereocenters. The monoisotopic (exact) mass is 507 g/mol. The number of benzene rings is 1. The molecular weight excluding hydrogens is 488 g/mol. The molecule has 2 aromatic heterocycles. The maximum atomic E-state index is 14.7. The van der Waals surface area contributed by atoms with Crippen LogP contribution < -0.4 is 10.5 Å². The summed E-state index contributed by atoms with van der Waals surface area (Å²) < 4.78 is 39.9. The minimum atomic E-state index is -3.00. The highest BCUT2D eigenvalue weighted by atomic mass is 35.5. The molecule has 0 saturated carbocycles. The molecule has 3 rings (SSSR count). The van der Waals surface area contributed by atoms with Gasteiger partial charge in [0.25, 0.3) is 0 Å². The van der Waals surface area contributed by atoms with Crippen LogP contribution in [-0.4, -0.2) is 26.1 Å². The van der Waals surface area contributed by atoms with E-state index in [9.17, 15) is 8.60 Å². The van der Waals surface area contributed by atoms with Gasteiger partial charge in [0.05, 0.1) is 25.5 Å². The van der Waals surface area contributed by atoms with Crippen molar-refractivity contribution in [3.63, 3.8) is 0 Å². The first-order valence-corrected chi connectivity index (χ1v) is 12.2. The second-order valence-corrected chi connectivity index (χ2v) is 10.1. The van der Waals surface area contributed by atoms with Gasteiger partial charge in [0.15, 0.2) is 0 Å². The van der Waals surface area contributed by atoms with Crippen LogP contribution in [0.25, 0.3) is 5.83 Å². The van der Waals surface area contributed by atoms with Gasteiger partial charge in [-0.2, -0.15) is 0 Å². The van der Waals surface area contributed by atoms with Gasteiger partial charge in [0.1, 0.15) is 22.7 Å². The highest BCUT2D eigenvalue weighted by molar-refractivity contribution is 7.91. The quantitative estimate of drug-likeness (QED) is 0.270. The Labute approximate surface area is 200 Å². The third-order valence-corrected chi connectivity index (χ3v) is 6.25. The molecule has 0 aliphatic heterocycles. The van der Waals surface area contributed by atoms with Crippen LogP contribution in [0.2, 0.25) is 10.0 Å². The van der Waals surface area contributed by atoms with Crippen molar-refractivity contribution in [1.29, 1.82) is 10.2 Å². The largest absolute Gasteiger partial charge is 0.486 e. The second-order valence-electron chi connectivity index (χ2n) is 7.16. The minimum Gasteiger partial charge on any atom is -0.486 e. The fourth-order valence-electron chi connectivity index (χ4n) is 2.95. The van der Waals surface area contributed by atoms with Crippen molar-refractivity contribution in [3.05, 3.63) is 81.7 Å². The van der Waals surface area contributed by atoms with Crippen LogP contribution in [0.4, 0.5) is 10.1 Å². The first kappa shape index (κ1) is 24.6. The van der Waals surface area contributed by atoms with Gasteiger partial charge in [-0.15, -0.1) is 0 Å². The Hall–Kier alpha value is -3.01. The second kappa shape index (κ2) is 9.86. The molecule has 0 aliphatic rings. The lowest BCUT2D eigenvalue weighted by Crippen LogP contribution is -2.07. The van der Waals surface area contributed by atoms with E-state index in [1.807, 2.05) is 0 Å². The van der Waals surface area contributed by atoms with Crippen LogP contribution in [0.3, 0.4) is 0 Å². The van der Waals surface area contributed by atoms with E-state index in [1.54, 1.807) is 19.1 Å². The predicted molar refractivity (Wildman–Crippen MR) is 129 cm³/mol. The van der Waals surface area contributed by atoms with Gasteiger partial charge in [-0.3, -0.25) is 4.98 Å². The lowest BCUT2D eigenvalue weighted by molar-refractivity contribution is 0.227. The zero-order chi connectivity index (χ0) is 24.3. The van der Waals surface area contributed by atoms with Gasteiger partial charge < -0.3 is 15.9 Å². The summed E-state index contributed by atoms with van der Waals surface area (Å²) in [5, 5.41) is 9.06. The van der Waals surface area contributed by atoms with Crippen LogP contribution in [0.1, 0.15) is 29.7 Å². The molecule has 0 amide bonds. The summed E-state index contributed by atoms with van der Waals surface area (Å²) in [6.07, 6.45) is 5.79. The molecule has 4 N–H and O–H groups in total. The molecular formula is C22H20Cl2FN5O2S. The molecule has 11 heteroatoms. The fraction of sp³-hybridized carbons (Fsp3) is 0.136. The smallest absolute Gasteiger partial charge is 0.135 e. The fourth-order valence-corrected chi connectivity index (χ4v) is 4.21. The van der Waals surface area contributed by atoms with Crippen molar-refractivity contribution in [3.8, 4) is 5.75 Å². The Morgan fingerprint density at radius 1 is 1.21 bits per heavy atom. The Balaban J connectivity index is 1.84. The van der Waals surface area contributed by atoms with E-state index in [0.717, 1.165) is 6.08 Å². The molecule has 0 bridgehead atoms. The molecule has 7 nitrogen and oxygen atoms in total. The van der Waals surface area contributed by atoms with Crippen LogP contribution in [0.5, 0.6) is 5.75 Å². The van der Waals surface area contributed by atoms with E-state index in [2.05, 4.69) is 9.97 Å². The van der Waals surface area contributed by atoms with Crippen molar-refractivity contribution in [2.45, 2.75) is 18.1 Å². The topological polar surface area (TPSA) is 126 Å². The lowest BCUT2D eigenvalue weighted by atomic mass is 10.1. The lowest BCUT2D eigenvalue weighted by Gasteiger charge is -2.18. The Bertz CT molecular complexity index is 1330. The number of allylic oxidation sites excluding steroid dienone is 1. The van der Waals surface area contributed by atoms with E-state index in [0.29, 0.717) is 21.4 Å². The van der Waals surface area contributed by atoms with Crippen molar-refractivity contribution >= 4 is 50.2 Å². The van der Waals surface area contributed by atoms with Gasteiger partial charge in [0.2, 0.25) is 0 Å². The summed E-state index contributed by atoms with van der Waals surface area (Å²) in [6.45, 7) is 1.76. The molecule has 0 spiro atoms. The number of hydrogen-bond acceptors (Lipinski definition) is 7. The molecule has 172 valence electrons. The van der Waals surface area contributed by atoms with Crippen LogP contribution in [0, 0.1) is 10.2 Å². The third kappa shape index (κ3) is 5.87. The minimum absolute atomic E-state index is 0.0479. The molecule has 0 radical (unpaired) electrons. The van der Waals surface area contributed by atoms with Crippen LogP contribution >= 0.6 is 23.2 Å². The number of pyridine rings is 2. The molecule has 3 aromatic rings. The Morgan fingerprint density at radius 3 is 2.45 bits per heavy atom. The number of nitrogen functional groups attached to an aromatic ring is 1. The number of rotatable bonds is 7. The molecule has 0 aliphatic carbocycles. The zero-order valence-electron chi connectivity index (χ0n) is 17.6. The summed E-state index contributed by atoms with van der Waals surface area (Å²) in [5.74, 6) is -0.352. The van der Waals surface area contributed by atoms with Gasteiger partial charge in [-0.25, -0.2) is 18.4 Å². The Kier molecular flexibility index (Phi) is 7.36. The van der Waals surface area contributed by atoms with Crippen molar-refractivity contribution < 1.29 is 13.3 Å². The number of nitrogens with one attached hydrogen (secondary N) is 2. The number of hydrogen-bond donors (Lipinski definition) is 3. The third-order valence-electron chi connectivity index (χ3n) is 4.61. The number of nitrogens with zero attached hydrogens (tertiary/aromatic N) is 2. The Morgan fingerprint density at radius 2 is 1.88 bits per heavy atom. The van der Waals surface area contributed by atoms with Gasteiger partial charge in [-0.05, 0) is 37.3 Å². The van der Waals surface area contributed by atoms with E-state index in [1.165, 1.54) is 43.0 Å². The first-order chi connectivity index (χ1) is 15.5.